The number of nitrogens with one attached hydrogen (secondary N) is 1. The fourth-order valence-corrected chi connectivity index (χ4v) is 1.80. The van der Waals surface area contributed by atoms with Crippen molar-refractivity contribution in [3.05, 3.63) is 11.1 Å². The van der Waals surface area contributed by atoms with Crippen molar-refractivity contribution in [3.63, 3.8) is 0 Å². The Labute approximate surface area is 67.6 Å². The number of ether oxygens (including phenoxy) is 1. The van der Waals surface area contributed by atoms with Crippen LogP contribution in [-0.2, 0) is 4.74 Å². The molecular weight excluding hydrogens is 138 g/mol. The van der Waals surface area contributed by atoms with Crippen molar-refractivity contribution in [1.82, 2.24) is 5.32 Å². The van der Waals surface area contributed by atoms with Crippen LogP contribution in [0.3, 0.4) is 0 Å². The van der Waals surface area contributed by atoms with E-state index in [1.165, 1.54) is 25.8 Å². The first-order valence-electron chi connectivity index (χ1n) is 4.45. The van der Waals surface area contributed by atoms with Crippen molar-refractivity contribution in [2.75, 3.05) is 26.3 Å². The summed E-state index contributed by atoms with van der Waals surface area (Å²) in [5.74, 6) is 0. The van der Waals surface area contributed by atoms with Gasteiger partial charge in [-0.15, -0.1) is 0 Å². The quantitative estimate of drug-likeness (QED) is 0.526. The normalized spacial score (nSPS) is 32.7. The average Bonchev–Trinajstić information content (AvgIpc) is 2.58. The lowest BCUT2D eigenvalue weighted by molar-refractivity contribution is 0.204. The van der Waals surface area contributed by atoms with Crippen LogP contribution >= 0.6 is 0 Å². The largest absolute Gasteiger partial charge is 0.377 e. The van der Waals surface area contributed by atoms with Gasteiger partial charge in [-0.3, -0.25) is 0 Å². The van der Waals surface area contributed by atoms with Crippen LogP contribution in [-0.4, -0.2) is 26.3 Å². The zero-order chi connectivity index (χ0) is 7.52. The molecule has 0 saturated carbocycles. The van der Waals surface area contributed by atoms with Crippen LogP contribution in [0.15, 0.2) is 11.1 Å². The molecule has 11 heavy (non-hydrogen) atoms. The molecule has 0 atom stereocenters. The summed E-state index contributed by atoms with van der Waals surface area (Å²) in [7, 11) is 0. The minimum atomic E-state index is 0.900. The summed E-state index contributed by atoms with van der Waals surface area (Å²) in [6.45, 7) is 4.15. The summed E-state index contributed by atoms with van der Waals surface area (Å²) < 4.78 is 5.32. The Hall–Kier alpha value is -0.340. The molecule has 0 amide bonds. The van der Waals surface area contributed by atoms with Crippen molar-refractivity contribution in [3.8, 4) is 0 Å². The Kier molecular flexibility index (Phi) is 2.24. The molecule has 0 aromatic rings. The average molecular weight is 153 g/mol. The van der Waals surface area contributed by atoms with E-state index in [1.54, 1.807) is 11.1 Å². The lowest BCUT2D eigenvalue weighted by Crippen LogP contribution is -2.24. The third-order valence-corrected chi connectivity index (χ3v) is 2.49. The first-order chi connectivity index (χ1) is 5.47. The molecule has 2 nitrogen and oxygen atoms in total. The highest BCUT2D eigenvalue weighted by Gasteiger charge is 2.14. The Balaban J connectivity index is 2.03. The second-order valence-electron chi connectivity index (χ2n) is 3.29. The standard InChI is InChI=1S/C9H15NO/c1-2-8(6-10-4-1)9-3-5-11-7-9/h10H,1-7H2. The summed E-state index contributed by atoms with van der Waals surface area (Å²) in [5.41, 5.74) is 3.19. The van der Waals surface area contributed by atoms with Crippen molar-refractivity contribution in [1.29, 1.82) is 0 Å². The number of rotatable bonds is 0. The Morgan fingerprint density at radius 1 is 1.18 bits per heavy atom. The van der Waals surface area contributed by atoms with E-state index in [2.05, 4.69) is 5.32 Å². The molecule has 0 bridgehead atoms. The fraction of sp³-hybridized carbons (Fsp3) is 0.778. The zero-order valence-electron chi connectivity index (χ0n) is 6.86. The first kappa shape index (κ1) is 7.32. The molecule has 2 aliphatic rings. The fourth-order valence-electron chi connectivity index (χ4n) is 1.80. The van der Waals surface area contributed by atoms with E-state index in [0.717, 1.165) is 19.8 Å². The van der Waals surface area contributed by atoms with E-state index in [0.29, 0.717) is 0 Å². The van der Waals surface area contributed by atoms with Gasteiger partial charge in [0, 0.05) is 6.54 Å². The van der Waals surface area contributed by atoms with Gasteiger partial charge >= 0.3 is 0 Å². The van der Waals surface area contributed by atoms with Gasteiger partial charge in [-0.25, -0.2) is 0 Å². The predicted molar refractivity (Wildman–Crippen MR) is 44.6 cm³/mol. The summed E-state index contributed by atoms with van der Waals surface area (Å²) in [5, 5.41) is 3.40. The van der Waals surface area contributed by atoms with Crippen molar-refractivity contribution >= 4 is 0 Å². The summed E-state index contributed by atoms with van der Waals surface area (Å²) in [4.78, 5) is 0. The van der Waals surface area contributed by atoms with E-state index in [-0.39, 0.29) is 0 Å². The zero-order valence-corrected chi connectivity index (χ0v) is 6.86. The second kappa shape index (κ2) is 3.37. The minimum Gasteiger partial charge on any atom is -0.377 e. The molecule has 2 heteroatoms. The summed E-state index contributed by atoms with van der Waals surface area (Å²) in [6, 6.07) is 0. The van der Waals surface area contributed by atoms with Gasteiger partial charge in [-0.1, -0.05) is 5.57 Å². The molecule has 2 heterocycles. The molecule has 2 aliphatic heterocycles. The third-order valence-electron chi connectivity index (χ3n) is 2.49. The van der Waals surface area contributed by atoms with Gasteiger partial charge < -0.3 is 10.1 Å². The van der Waals surface area contributed by atoms with E-state index in [1.807, 2.05) is 0 Å². The highest BCUT2D eigenvalue weighted by Crippen LogP contribution is 2.20. The Bertz CT molecular complexity index is 158. The van der Waals surface area contributed by atoms with Crippen LogP contribution in [0, 0.1) is 0 Å². The maximum Gasteiger partial charge on any atom is 0.0680 e. The van der Waals surface area contributed by atoms with Gasteiger partial charge in [-0.05, 0) is 31.4 Å². The van der Waals surface area contributed by atoms with E-state index < -0.39 is 0 Å². The molecule has 0 spiro atoms. The van der Waals surface area contributed by atoms with Crippen LogP contribution in [0.1, 0.15) is 19.3 Å². The maximum absolute atomic E-state index is 5.32. The third kappa shape index (κ3) is 1.63. The van der Waals surface area contributed by atoms with Gasteiger partial charge in [0.25, 0.3) is 0 Å². The molecule has 0 aliphatic carbocycles. The van der Waals surface area contributed by atoms with Crippen LogP contribution in [0.5, 0.6) is 0 Å². The number of hydrogen-bond donors (Lipinski definition) is 1. The SMILES string of the molecule is C1CNCC(=C2CCOC2)C1. The monoisotopic (exact) mass is 153 g/mol. The van der Waals surface area contributed by atoms with Crippen LogP contribution in [0.4, 0.5) is 0 Å². The van der Waals surface area contributed by atoms with Crippen LogP contribution in [0.2, 0.25) is 0 Å². The van der Waals surface area contributed by atoms with Crippen molar-refractivity contribution < 1.29 is 4.74 Å². The molecule has 0 unspecified atom stereocenters. The predicted octanol–water partition coefficient (Wildman–Crippen LogP) is 1.09. The van der Waals surface area contributed by atoms with Crippen molar-refractivity contribution in [2.24, 2.45) is 0 Å². The molecule has 62 valence electrons. The lowest BCUT2D eigenvalue weighted by Gasteiger charge is -2.17. The first-order valence-corrected chi connectivity index (χ1v) is 4.45. The molecule has 2 fully saturated rings. The van der Waals surface area contributed by atoms with E-state index >= 15 is 0 Å². The second-order valence-corrected chi connectivity index (χ2v) is 3.29. The Morgan fingerprint density at radius 2 is 2.18 bits per heavy atom. The molecule has 0 aromatic heterocycles. The number of hydrogen-bond acceptors (Lipinski definition) is 2. The van der Waals surface area contributed by atoms with Gasteiger partial charge in [0.2, 0.25) is 0 Å². The van der Waals surface area contributed by atoms with E-state index in [9.17, 15) is 0 Å². The molecular formula is C9H15NO. The highest BCUT2D eigenvalue weighted by molar-refractivity contribution is 5.19. The lowest BCUT2D eigenvalue weighted by atomic mass is 10.00. The van der Waals surface area contributed by atoms with E-state index in [4.69, 9.17) is 4.74 Å². The van der Waals surface area contributed by atoms with Gasteiger partial charge in [0.05, 0.1) is 13.2 Å². The van der Waals surface area contributed by atoms with Crippen molar-refractivity contribution in [2.45, 2.75) is 19.3 Å². The Morgan fingerprint density at radius 3 is 2.82 bits per heavy atom. The minimum absolute atomic E-state index is 0.900. The van der Waals surface area contributed by atoms with Gasteiger partial charge in [-0.2, -0.15) is 0 Å². The molecule has 2 rings (SSSR count). The van der Waals surface area contributed by atoms with Gasteiger partial charge in [0.1, 0.15) is 0 Å². The van der Waals surface area contributed by atoms with Crippen LogP contribution < -0.4 is 5.32 Å². The maximum atomic E-state index is 5.32. The topological polar surface area (TPSA) is 21.3 Å². The molecule has 0 radical (unpaired) electrons. The molecule has 2 saturated heterocycles. The number of piperidine rings is 1. The molecule has 0 aromatic carbocycles. The van der Waals surface area contributed by atoms with Gasteiger partial charge in [0.15, 0.2) is 0 Å². The molecule has 1 N–H and O–H groups in total. The summed E-state index contributed by atoms with van der Waals surface area (Å²) in [6.07, 6.45) is 3.78. The van der Waals surface area contributed by atoms with Crippen LogP contribution in [0.25, 0.3) is 0 Å². The smallest absolute Gasteiger partial charge is 0.0680 e. The highest BCUT2D eigenvalue weighted by atomic mass is 16.5. The summed E-state index contributed by atoms with van der Waals surface area (Å²) >= 11 is 0.